The van der Waals surface area contributed by atoms with Crippen LogP contribution in [-0.4, -0.2) is 62.8 Å². The summed E-state index contributed by atoms with van der Waals surface area (Å²) in [6, 6.07) is 0. The summed E-state index contributed by atoms with van der Waals surface area (Å²) in [7, 11) is 4.21. The first-order chi connectivity index (χ1) is 9.62. The summed E-state index contributed by atoms with van der Waals surface area (Å²) in [4.78, 5) is 14.1. The van der Waals surface area contributed by atoms with Crippen molar-refractivity contribution in [3.05, 3.63) is 0 Å². The second kappa shape index (κ2) is 7.38. The van der Waals surface area contributed by atoms with Gasteiger partial charge in [-0.25, -0.2) is 0 Å². The predicted molar refractivity (Wildman–Crippen MR) is 79.7 cm³/mol. The molecule has 0 bridgehead atoms. The van der Waals surface area contributed by atoms with Gasteiger partial charge in [-0.1, -0.05) is 0 Å². The molecule has 0 radical (unpaired) electrons. The Labute approximate surface area is 122 Å². The largest absolute Gasteiger partial charge is 0.378 e. The highest BCUT2D eigenvalue weighted by atomic mass is 16.5. The van der Waals surface area contributed by atoms with Crippen molar-refractivity contribution in [1.82, 2.24) is 15.5 Å². The molecule has 0 atom stereocenters. The van der Waals surface area contributed by atoms with Crippen LogP contribution in [0.2, 0.25) is 0 Å². The van der Waals surface area contributed by atoms with E-state index in [2.05, 4.69) is 29.6 Å². The number of hydrogen-bond acceptors (Lipinski definition) is 4. The molecule has 5 nitrogen and oxygen atoms in total. The SMILES string of the molecule is CN(C)C1(CNC(=O)CCOC2CCNCC2)CCC1. The lowest BCUT2D eigenvalue weighted by Crippen LogP contribution is -2.57. The molecule has 0 unspecified atom stereocenters. The molecular weight excluding hydrogens is 254 g/mol. The van der Waals surface area contributed by atoms with Crippen LogP contribution in [0.5, 0.6) is 0 Å². The maximum Gasteiger partial charge on any atom is 0.222 e. The molecule has 1 heterocycles. The molecule has 1 aliphatic heterocycles. The van der Waals surface area contributed by atoms with E-state index in [-0.39, 0.29) is 11.4 Å². The monoisotopic (exact) mass is 283 g/mol. The molecule has 0 aromatic carbocycles. The lowest BCUT2D eigenvalue weighted by atomic mass is 9.75. The van der Waals surface area contributed by atoms with E-state index in [9.17, 15) is 4.79 Å². The van der Waals surface area contributed by atoms with E-state index in [0.29, 0.717) is 19.1 Å². The second-order valence-corrected chi connectivity index (χ2v) is 6.32. The first-order valence-electron chi connectivity index (χ1n) is 7.89. The van der Waals surface area contributed by atoms with E-state index < -0.39 is 0 Å². The van der Waals surface area contributed by atoms with E-state index in [1.165, 1.54) is 19.3 Å². The summed E-state index contributed by atoms with van der Waals surface area (Å²) in [5, 5.41) is 6.38. The Morgan fingerprint density at radius 1 is 1.35 bits per heavy atom. The number of likely N-dealkylation sites (N-methyl/N-ethyl adjacent to an activating group) is 1. The van der Waals surface area contributed by atoms with Crippen molar-refractivity contribution in [3.8, 4) is 0 Å². The van der Waals surface area contributed by atoms with Crippen molar-refractivity contribution in [1.29, 1.82) is 0 Å². The summed E-state index contributed by atoms with van der Waals surface area (Å²) in [6.45, 7) is 3.38. The normalized spacial score (nSPS) is 22.6. The van der Waals surface area contributed by atoms with Crippen LogP contribution in [0.3, 0.4) is 0 Å². The van der Waals surface area contributed by atoms with Crippen molar-refractivity contribution in [2.45, 2.75) is 50.2 Å². The van der Waals surface area contributed by atoms with E-state index in [1.807, 2.05) is 0 Å². The molecule has 1 saturated heterocycles. The number of amides is 1. The third-order valence-electron chi connectivity index (χ3n) is 4.82. The smallest absolute Gasteiger partial charge is 0.222 e. The predicted octanol–water partition coefficient (Wildman–Crippen LogP) is 0.746. The minimum atomic E-state index is 0.118. The van der Waals surface area contributed by atoms with Gasteiger partial charge in [-0.2, -0.15) is 0 Å². The average Bonchev–Trinajstić information content (AvgIpc) is 2.38. The number of carbonyl (C=O) groups is 1. The first-order valence-corrected chi connectivity index (χ1v) is 7.89. The molecule has 2 aliphatic rings. The number of ether oxygens (including phenoxy) is 1. The van der Waals surface area contributed by atoms with Crippen LogP contribution in [0, 0.1) is 0 Å². The summed E-state index contributed by atoms with van der Waals surface area (Å²) in [5.41, 5.74) is 0.200. The number of piperidine rings is 1. The van der Waals surface area contributed by atoms with Crippen molar-refractivity contribution in [3.63, 3.8) is 0 Å². The number of hydrogen-bond donors (Lipinski definition) is 2. The molecule has 0 spiro atoms. The topological polar surface area (TPSA) is 53.6 Å². The zero-order chi connectivity index (χ0) is 14.4. The molecule has 2 rings (SSSR count). The summed E-state index contributed by atoms with van der Waals surface area (Å²) < 4.78 is 5.76. The molecular formula is C15H29N3O2. The lowest BCUT2D eigenvalue weighted by molar-refractivity contribution is -0.123. The van der Waals surface area contributed by atoms with Gasteiger partial charge in [-0.3, -0.25) is 4.79 Å². The van der Waals surface area contributed by atoms with Crippen molar-refractivity contribution < 1.29 is 9.53 Å². The number of nitrogens with one attached hydrogen (secondary N) is 2. The van der Waals surface area contributed by atoms with Gasteiger partial charge < -0.3 is 20.3 Å². The van der Waals surface area contributed by atoms with Gasteiger partial charge in [0.15, 0.2) is 0 Å². The molecule has 0 aromatic heterocycles. The number of rotatable bonds is 7. The van der Waals surface area contributed by atoms with E-state index in [1.54, 1.807) is 0 Å². The summed E-state index contributed by atoms with van der Waals surface area (Å²) >= 11 is 0. The molecule has 5 heteroatoms. The van der Waals surface area contributed by atoms with Crippen LogP contribution < -0.4 is 10.6 Å². The van der Waals surface area contributed by atoms with Crippen LogP contribution >= 0.6 is 0 Å². The zero-order valence-electron chi connectivity index (χ0n) is 12.9. The molecule has 116 valence electrons. The fraction of sp³-hybridized carbons (Fsp3) is 0.933. The Hall–Kier alpha value is -0.650. The molecule has 0 aromatic rings. The first kappa shape index (κ1) is 15.7. The third-order valence-corrected chi connectivity index (χ3v) is 4.82. The van der Waals surface area contributed by atoms with Crippen LogP contribution in [0.25, 0.3) is 0 Å². The van der Waals surface area contributed by atoms with Crippen LogP contribution in [0.1, 0.15) is 38.5 Å². The van der Waals surface area contributed by atoms with Crippen LogP contribution in [0.4, 0.5) is 0 Å². The van der Waals surface area contributed by atoms with Gasteiger partial charge in [0.2, 0.25) is 5.91 Å². The van der Waals surface area contributed by atoms with Gasteiger partial charge in [0, 0.05) is 18.5 Å². The molecule has 1 amide bonds. The standard InChI is InChI=1S/C15H29N3O2/c1-18(2)15(7-3-8-15)12-17-14(19)6-11-20-13-4-9-16-10-5-13/h13,16H,3-12H2,1-2H3,(H,17,19). The highest BCUT2D eigenvalue weighted by Gasteiger charge is 2.39. The van der Waals surface area contributed by atoms with Crippen molar-refractivity contribution in [2.24, 2.45) is 0 Å². The molecule has 1 aliphatic carbocycles. The lowest BCUT2D eigenvalue weighted by Gasteiger charge is -2.47. The van der Waals surface area contributed by atoms with E-state index in [0.717, 1.165) is 32.5 Å². The maximum atomic E-state index is 11.9. The van der Waals surface area contributed by atoms with Gasteiger partial charge in [0.25, 0.3) is 0 Å². The summed E-state index contributed by atoms with van der Waals surface area (Å²) in [6.07, 6.45) is 6.58. The number of nitrogens with zero attached hydrogens (tertiary/aromatic N) is 1. The van der Waals surface area contributed by atoms with Crippen LogP contribution in [-0.2, 0) is 9.53 Å². The second-order valence-electron chi connectivity index (χ2n) is 6.32. The van der Waals surface area contributed by atoms with Gasteiger partial charge >= 0.3 is 0 Å². The van der Waals surface area contributed by atoms with Crippen molar-refractivity contribution in [2.75, 3.05) is 40.3 Å². The fourth-order valence-electron chi connectivity index (χ4n) is 3.00. The average molecular weight is 283 g/mol. The van der Waals surface area contributed by atoms with Crippen molar-refractivity contribution >= 4 is 5.91 Å². The van der Waals surface area contributed by atoms with E-state index in [4.69, 9.17) is 4.74 Å². The maximum absolute atomic E-state index is 11.9. The Morgan fingerprint density at radius 2 is 2.05 bits per heavy atom. The summed E-state index contributed by atoms with van der Waals surface area (Å²) in [5.74, 6) is 0.118. The highest BCUT2D eigenvalue weighted by Crippen LogP contribution is 2.35. The Morgan fingerprint density at radius 3 is 2.60 bits per heavy atom. The quantitative estimate of drug-likeness (QED) is 0.724. The molecule has 20 heavy (non-hydrogen) atoms. The van der Waals surface area contributed by atoms with Gasteiger partial charge in [-0.05, 0) is 59.3 Å². The Kier molecular flexibility index (Phi) is 5.81. The minimum absolute atomic E-state index is 0.118. The van der Waals surface area contributed by atoms with Gasteiger partial charge in [-0.15, -0.1) is 0 Å². The van der Waals surface area contributed by atoms with E-state index >= 15 is 0 Å². The van der Waals surface area contributed by atoms with Gasteiger partial charge in [0.05, 0.1) is 12.7 Å². The molecule has 1 saturated carbocycles. The fourth-order valence-corrected chi connectivity index (χ4v) is 3.00. The zero-order valence-corrected chi connectivity index (χ0v) is 12.9. The van der Waals surface area contributed by atoms with Crippen LogP contribution in [0.15, 0.2) is 0 Å². The molecule has 2 N–H and O–H groups in total. The Balaban J connectivity index is 1.58. The molecule has 2 fully saturated rings. The number of carbonyl (C=O) groups excluding carboxylic acids is 1. The highest BCUT2D eigenvalue weighted by molar-refractivity contribution is 5.76. The Bertz CT molecular complexity index is 310. The third kappa shape index (κ3) is 4.17. The minimum Gasteiger partial charge on any atom is -0.378 e. The van der Waals surface area contributed by atoms with Gasteiger partial charge in [0.1, 0.15) is 0 Å².